The highest BCUT2D eigenvalue weighted by atomic mass is 19.3. The normalized spacial score (nSPS) is 14.6. The molecule has 1 aliphatic rings. The second kappa shape index (κ2) is 4.26. The number of para-hydroxylation sites is 1. The number of halogens is 2. The maximum Gasteiger partial charge on any atom is 0.586 e. The monoisotopic (exact) mass is 266 g/mol. The van der Waals surface area contributed by atoms with Gasteiger partial charge in [-0.3, -0.25) is 0 Å². The van der Waals surface area contributed by atoms with Crippen LogP contribution in [0.15, 0.2) is 30.6 Å². The fourth-order valence-electron chi connectivity index (χ4n) is 1.86. The molecule has 2 heterocycles. The van der Waals surface area contributed by atoms with Crippen LogP contribution in [0.4, 0.5) is 8.78 Å². The standard InChI is InChI=1S/C12H6F2N2O2.H2O/c13-12(14)17-10-3-1-2-8(11(10)18-12)9-6-16-5-7(9)4-15;/h1-3,5-6,16H;1H2. The van der Waals surface area contributed by atoms with Gasteiger partial charge in [-0.15, -0.1) is 8.78 Å². The van der Waals surface area contributed by atoms with Crippen molar-refractivity contribution in [3.8, 4) is 28.7 Å². The summed E-state index contributed by atoms with van der Waals surface area (Å²) in [7, 11) is 0. The van der Waals surface area contributed by atoms with Crippen molar-refractivity contribution in [3.05, 3.63) is 36.2 Å². The number of nitrogens with one attached hydrogen (secondary N) is 1. The number of ether oxygens (including phenoxy) is 2. The summed E-state index contributed by atoms with van der Waals surface area (Å²) < 4.78 is 34.9. The zero-order valence-electron chi connectivity index (χ0n) is 9.41. The molecule has 0 fully saturated rings. The predicted octanol–water partition coefficient (Wildman–Crippen LogP) is 2.05. The number of H-pyrrole nitrogens is 1. The Kier molecular flexibility index (Phi) is 2.88. The largest absolute Gasteiger partial charge is 0.586 e. The lowest BCUT2D eigenvalue weighted by Crippen LogP contribution is -2.26. The van der Waals surface area contributed by atoms with Crippen molar-refractivity contribution < 1.29 is 23.7 Å². The summed E-state index contributed by atoms with van der Waals surface area (Å²) in [4.78, 5) is 2.75. The first-order valence-electron chi connectivity index (χ1n) is 5.07. The number of hydrogen-bond acceptors (Lipinski definition) is 3. The average molecular weight is 266 g/mol. The summed E-state index contributed by atoms with van der Waals surface area (Å²) in [6, 6.07) is 6.51. The molecule has 1 aliphatic heterocycles. The Balaban J connectivity index is 0.00000133. The Morgan fingerprint density at radius 3 is 2.68 bits per heavy atom. The van der Waals surface area contributed by atoms with Gasteiger partial charge in [0.2, 0.25) is 0 Å². The fourth-order valence-corrected chi connectivity index (χ4v) is 1.86. The third-order valence-electron chi connectivity index (χ3n) is 2.58. The van der Waals surface area contributed by atoms with Crippen molar-refractivity contribution in [2.75, 3.05) is 0 Å². The Morgan fingerprint density at radius 2 is 1.95 bits per heavy atom. The van der Waals surface area contributed by atoms with Gasteiger partial charge >= 0.3 is 6.29 Å². The van der Waals surface area contributed by atoms with Gasteiger partial charge < -0.3 is 19.9 Å². The number of benzene rings is 1. The SMILES string of the molecule is N#Cc1c[nH]cc1-c1cccc2c1OC(F)(F)O2.O. The van der Waals surface area contributed by atoms with Crippen LogP contribution in [-0.2, 0) is 0 Å². The third-order valence-corrected chi connectivity index (χ3v) is 2.58. The molecule has 5 nitrogen and oxygen atoms in total. The molecule has 0 saturated heterocycles. The topological polar surface area (TPSA) is 89.5 Å². The van der Waals surface area contributed by atoms with Crippen LogP contribution in [0.1, 0.15) is 5.56 Å². The van der Waals surface area contributed by atoms with Gasteiger partial charge in [0.05, 0.1) is 5.56 Å². The molecule has 0 bridgehead atoms. The second-order valence-electron chi connectivity index (χ2n) is 3.69. The molecule has 1 aromatic heterocycles. The number of nitrogens with zero attached hydrogens (tertiary/aromatic N) is 1. The summed E-state index contributed by atoms with van der Waals surface area (Å²) >= 11 is 0. The summed E-state index contributed by atoms with van der Waals surface area (Å²) in [6.45, 7) is 0. The van der Waals surface area contributed by atoms with Crippen molar-refractivity contribution in [1.82, 2.24) is 4.98 Å². The molecule has 0 saturated carbocycles. The van der Waals surface area contributed by atoms with E-state index in [0.717, 1.165) is 0 Å². The second-order valence-corrected chi connectivity index (χ2v) is 3.69. The van der Waals surface area contributed by atoms with Gasteiger partial charge in [-0.05, 0) is 6.07 Å². The van der Waals surface area contributed by atoms with Crippen LogP contribution in [0.3, 0.4) is 0 Å². The van der Waals surface area contributed by atoms with E-state index >= 15 is 0 Å². The highest BCUT2D eigenvalue weighted by molar-refractivity contribution is 5.78. The molecular formula is C12H8F2N2O3. The summed E-state index contributed by atoms with van der Waals surface area (Å²) in [6.07, 6.45) is -0.627. The quantitative estimate of drug-likeness (QED) is 0.856. The molecular weight excluding hydrogens is 258 g/mol. The van der Waals surface area contributed by atoms with Crippen LogP contribution in [-0.4, -0.2) is 16.8 Å². The number of alkyl halides is 2. The molecule has 98 valence electrons. The Morgan fingerprint density at radius 1 is 1.16 bits per heavy atom. The fraction of sp³-hybridized carbons (Fsp3) is 0.0833. The number of hydrogen-bond donors (Lipinski definition) is 1. The van der Waals surface area contributed by atoms with E-state index < -0.39 is 6.29 Å². The maximum atomic E-state index is 13.0. The predicted molar refractivity (Wildman–Crippen MR) is 60.8 cm³/mol. The first-order chi connectivity index (χ1) is 8.61. The van der Waals surface area contributed by atoms with Gasteiger partial charge in [-0.1, -0.05) is 12.1 Å². The summed E-state index contributed by atoms with van der Waals surface area (Å²) in [5.74, 6) is -0.0961. The van der Waals surface area contributed by atoms with E-state index in [0.29, 0.717) is 16.7 Å². The molecule has 7 heteroatoms. The summed E-state index contributed by atoms with van der Waals surface area (Å²) in [5.41, 5.74) is 1.24. The molecule has 2 aromatic rings. The van der Waals surface area contributed by atoms with Gasteiger partial charge in [0, 0.05) is 23.5 Å². The van der Waals surface area contributed by atoms with Crippen molar-refractivity contribution in [1.29, 1.82) is 5.26 Å². The van der Waals surface area contributed by atoms with E-state index in [9.17, 15) is 8.78 Å². The third kappa shape index (κ3) is 1.98. The Bertz CT molecular complexity index is 661. The zero-order chi connectivity index (χ0) is 12.8. The molecule has 0 unspecified atom stereocenters. The van der Waals surface area contributed by atoms with Crippen LogP contribution in [0.2, 0.25) is 0 Å². The molecule has 0 aliphatic carbocycles. The molecule has 1 aromatic carbocycles. The number of aromatic amines is 1. The first-order valence-corrected chi connectivity index (χ1v) is 5.07. The molecule has 0 atom stereocenters. The van der Waals surface area contributed by atoms with Gasteiger partial charge in [0.25, 0.3) is 0 Å². The zero-order valence-corrected chi connectivity index (χ0v) is 9.41. The lowest BCUT2D eigenvalue weighted by atomic mass is 10.0. The van der Waals surface area contributed by atoms with Gasteiger partial charge in [0.1, 0.15) is 6.07 Å². The first kappa shape index (κ1) is 12.9. The van der Waals surface area contributed by atoms with Crippen molar-refractivity contribution in [3.63, 3.8) is 0 Å². The van der Waals surface area contributed by atoms with Crippen molar-refractivity contribution >= 4 is 0 Å². The van der Waals surface area contributed by atoms with E-state index in [1.54, 1.807) is 18.3 Å². The minimum atomic E-state index is -3.67. The van der Waals surface area contributed by atoms with Crippen molar-refractivity contribution in [2.45, 2.75) is 6.29 Å². The average Bonchev–Trinajstić information content (AvgIpc) is 2.89. The molecule has 0 radical (unpaired) electrons. The molecule has 0 spiro atoms. The number of aromatic nitrogens is 1. The minimum absolute atomic E-state index is 0. The molecule has 0 amide bonds. The minimum Gasteiger partial charge on any atom is -0.412 e. The number of fused-ring (bicyclic) bond motifs is 1. The Labute approximate surface area is 106 Å². The molecule has 19 heavy (non-hydrogen) atoms. The van der Waals surface area contributed by atoms with Crippen molar-refractivity contribution in [2.24, 2.45) is 0 Å². The molecule has 3 N–H and O–H groups in total. The van der Waals surface area contributed by atoms with E-state index in [4.69, 9.17) is 5.26 Å². The van der Waals surface area contributed by atoms with Gasteiger partial charge in [0.15, 0.2) is 11.5 Å². The smallest absolute Gasteiger partial charge is 0.412 e. The van der Waals surface area contributed by atoms with E-state index in [-0.39, 0.29) is 17.0 Å². The Hall–Kier alpha value is -2.59. The highest BCUT2D eigenvalue weighted by Crippen LogP contribution is 2.47. The van der Waals surface area contributed by atoms with Crippen LogP contribution < -0.4 is 9.47 Å². The van der Waals surface area contributed by atoms with Crippen LogP contribution in [0, 0.1) is 11.3 Å². The van der Waals surface area contributed by atoms with E-state index in [1.165, 1.54) is 12.3 Å². The van der Waals surface area contributed by atoms with Gasteiger partial charge in [-0.2, -0.15) is 5.26 Å². The van der Waals surface area contributed by atoms with E-state index in [1.807, 2.05) is 6.07 Å². The van der Waals surface area contributed by atoms with Crippen LogP contribution >= 0.6 is 0 Å². The maximum absolute atomic E-state index is 13.0. The lowest BCUT2D eigenvalue weighted by Gasteiger charge is -2.06. The van der Waals surface area contributed by atoms with Crippen LogP contribution in [0.25, 0.3) is 11.1 Å². The number of rotatable bonds is 1. The molecule has 3 rings (SSSR count). The van der Waals surface area contributed by atoms with Crippen LogP contribution in [0.5, 0.6) is 11.5 Å². The number of nitriles is 1. The summed E-state index contributed by atoms with van der Waals surface area (Å²) in [5, 5.41) is 8.93. The van der Waals surface area contributed by atoms with Gasteiger partial charge in [-0.25, -0.2) is 0 Å². The highest BCUT2D eigenvalue weighted by Gasteiger charge is 2.44. The lowest BCUT2D eigenvalue weighted by molar-refractivity contribution is -0.286. The van der Waals surface area contributed by atoms with E-state index in [2.05, 4.69) is 14.5 Å².